The van der Waals surface area contributed by atoms with Gasteiger partial charge in [-0.3, -0.25) is 25.8 Å². The summed E-state index contributed by atoms with van der Waals surface area (Å²) >= 11 is 0. The maximum Gasteiger partial charge on any atom is 0.244 e. The van der Waals surface area contributed by atoms with E-state index < -0.39 is 5.60 Å². The highest BCUT2D eigenvalue weighted by molar-refractivity contribution is 5.82. The molecule has 3 saturated heterocycles. The van der Waals surface area contributed by atoms with Crippen molar-refractivity contribution < 1.29 is 14.3 Å². The highest BCUT2D eigenvalue weighted by Gasteiger charge is 2.52. The van der Waals surface area contributed by atoms with Gasteiger partial charge in [0.1, 0.15) is 12.1 Å². The van der Waals surface area contributed by atoms with Crippen LogP contribution in [0.4, 0.5) is 10.1 Å². The Hall–Kier alpha value is -2.04. The summed E-state index contributed by atoms with van der Waals surface area (Å²) in [7, 11) is 0. The molecule has 1 amide bonds. The lowest BCUT2D eigenvalue weighted by atomic mass is 9.85. The molecular formula is C23H33FN6O2. The van der Waals surface area contributed by atoms with Crippen LogP contribution in [0.1, 0.15) is 39.0 Å². The van der Waals surface area contributed by atoms with E-state index in [0.717, 1.165) is 31.4 Å². The van der Waals surface area contributed by atoms with Gasteiger partial charge < -0.3 is 10.4 Å². The minimum atomic E-state index is -0.796. The zero-order valence-corrected chi connectivity index (χ0v) is 18.4. The van der Waals surface area contributed by atoms with Gasteiger partial charge in [0.15, 0.2) is 0 Å². The molecule has 9 heteroatoms. The summed E-state index contributed by atoms with van der Waals surface area (Å²) in [6.45, 7) is 2.98. The molecule has 6 unspecified atom stereocenters. The molecule has 4 aliphatic rings. The number of rotatable bonds is 2. The molecule has 0 saturated carbocycles. The lowest BCUT2D eigenvalue weighted by Crippen LogP contribution is -2.69. The van der Waals surface area contributed by atoms with E-state index in [-0.39, 0.29) is 42.3 Å². The Morgan fingerprint density at radius 3 is 2.81 bits per heavy atom. The standard InChI is InChI=1S/C23H33FN6O2/c1-23(32)12-3-2-4-13-29-21(31)17-14-25-22(26-16-10-8-15(24)9-11-16)28-20(17)30(29)19-7-5-6-18(23)27-19/h2,4,8-11,17-20,22,25-28,32H,3,5-7,12-14H2,1H3/b4-2-. The molecule has 6 atom stereocenters. The van der Waals surface area contributed by atoms with Crippen LogP contribution < -0.4 is 21.3 Å². The van der Waals surface area contributed by atoms with Crippen molar-refractivity contribution >= 4 is 11.6 Å². The Kier molecular flexibility index (Phi) is 5.94. The molecule has 3 fully saturated rings. The lowest BCUT2D eigenvalue weighted by Gasteiger charge is -2.47. The highest BCUT2D eigenvalue weighted by atomic mass is 19.1. The number of halogens is 1. The average Bonchev–Trinajstić information content (AvgIpc) is 3.05. The van der Waals surface area contributed by atoms with Gasteiger partial charge in [0, 0.05) is 18.3 Å². The smallest absolute Gasteiger partial charge is 0.244 e. The maximum atomic E-state index is 13.3. The number of nitrogens with zero attached hydrogens (tertiary/aromatic N) is 2. The average molecular weight is 445 g/mol. The van der Waals surface area contributed by atoms with Crippen molar-refractivity contribution in [2.75, 3.05) is 18.4 Å². The number of carbonyl (C=O) groups excluding carboxylic acids is 1. The van der Waals surface area contributed by atoms with E-state index in [0.29, 0.717) is 19.5 Å². The van der Waals surface area contributed by atoms with Crippen LogP contribution >= 0.6 is 0 Å². The number of hydrogen-bond donors (Lipinski definition) is 5. The van der Waals surface area contributed by atoms with Gasteiger partial charge in [-0.05, 0) is 63.3 Å². The summed E-state index contributed by atoms with van der Waals surface area (Å²) < 4.78 is 13.3. The van der Waals surface area contributed by atoms with E-state index in [9.17, 15) is 14.3 Å². The molecule has 1 aromatic rings. The van der Waals surface area contributed by atoms with Crippen LogP contribution in [-0.2, 0) is 4.79 Å². The Labute approximate surface area is 188 Å². The van der Waals surface area contributed by atoms with Crippen molar-refractivity contribution in [2.24, 2.45) is 5.92 Å². The van der Waals surface area contributed by atoms with Gasteiger partial charge in [-0.15, -0.1) is 0 Å². The molecular weight excluding hydrogens is 411 g/mol. The first kappa shape index (κ1) is 21.8. The van der Waals surface area contributed by atoms with Gasteiger partial charge in [0.05, 0.1) is 30.4 Å². The Morgan fingerprint density at radius 2 is 2.00 bits per heavy atom. The fourth-order valence-corrected chi connectivity index (χ4v) is 5.45. The first-order chi connectivity index (χ1) is 15.4. The number of piperidine rings is 1. The summed E-state index contributed by atoms with van der Waals surface area (Å²) in [4.78, 5) is 13.3. The number of hydrogen-bond acceptors (Lipinski definition) is 7. The number of benzene rings is 1. The minimum Gasteiger partial charge on any atom is -0.389 e. The molecule has 5 rings (SSSR count). The van der Waals surface area contributed by atoms with Gasteiger partial charge in [-0.25, -0.2) is 4.39 Å². The number of carbonyl (C=O) groups is 1. The lowest BCUT2D eigenvalue weighted by molar-refractivity contribution is -0.146. The topological polar surface area (TPSA) is 91.9 Å². The molecule has 4 heterocycles. The number of nitrogens with one attached hydrogen (secondary N) is 4. The first-order valence-electron chi connectivity index (χ1n) is 11.7. The number of allylic oxidation sites excluding steroid dienone is 1. The predicted octanol–water partition coefficient (Wildman–Crippen LogP) is 1.28. The molecule has 5 N–H and O–H groups in total. The van der Waals surface area contributed by atoms with Crippen LogP contribution in [0.25, 0.3) is 0 Å². The second-order valence-corrected chi connectivity index (χ2v) is 9.54. The third-order valence-corrected chi connectivity index (χ3v) is 7.25. The van der Waals surface area contributed by atoms with E-state index in [2.05, 4.69) is 32.4 Å². The summed E-state index contributed by atoms with van der Waals surface area (Å²) in [6, 6.07) is 6.23. The van der Waals surface area contributed by atoms with Crippen molar-refractivity contribution in [2.45, 2.75) is 69.3 Å². The number of hydrazine groups is 1. The zero-order valence-electron chi connectivity index (χ0n) is 18.4. The van der Waals surface area contributed by atoms with Crippen LogP contribution in [-0.4, -0.2) is 64.4 Å². The normalized spacial score (nSPS) is 39.0. The van der Waals surface area contributed by atoms with E-state index in [1.807, 2.05) is 18.0 Å². The van der Waals surface area contributed by atoms with Crippen molar-refractivity contribution in [3.63, 3.8) is 0 Å². The molecule has 32 heavy (non-hydrogen) atoms. The number of anilines is 1. The van der Waals surface area contributed by atoms with E-state index in [4.69, 9.17) is 0 Å². The molecule has 1 aromatic carbocycles. The molecule has 8 nitrogen and oxygen atoms in total. The van der Waals surface area contributed by atoms with Crippen LogP contribution in [0, 0.1) is 11.7 Å². The van der Waals surface area contributed by atoms with Gasteiger partial charge in [0.25, 0.3) is 0 Å². The number of aliphatic hydroxyl groups is 1. The van der Waals surface area contributed by atoms with Crippen molar-refractivity contribution in [1.29, 1.82) is 0 Å². The largest absolute Gasteiger partial charge is 0.389 e. The SMILES string of the molecule is CC1(O)CC/C=C\CN2C(=O)C3CNC(Nc4ccc(F)cc4)NC3N2C2CCCC1N2. The van der Waals surface area contributed by atoms with Crippen LogP contribution in [0.15, 0.2) is 36.4 Å². The first-order valence-corrected chi connectivity index (χ1v) is 11.7. The van der Waals surface area contributed by atoms with Crippen molar-refractivity contribution in [3.05, 3.63) is 42.2 Å². The molecule has 0 radical (unpaired) electrons. The monoisotopic (exact) mass is 444 g/mol. The molecule has 174 valence electrons. The van der Waals surface area contributed by atoms with Gasteiger partial charge >= 0.3 is 0 Å². The van der Waals surface area contributed by atoms with Crippen LogP contribution in [0.3, 0.4) is 0 Å². The quantitative estimate of drug-likeness (QED) is 0.439. The van der Waals surface area contributed by atoms with Crippen molar-refractivity contribution in [3.8, 4) is 0 Å². The Bertz CT molecular complexity index is 863. The van der Waals surface area contributed by atoms with Crippen LogP contribution in [0.5, 0.6) is 0 Å². The third kappa shape index (κ3) is 4.15. The summed E-state index contributed by atoms with van der Waals surface area (Å²) in [5, 5.41) is 29.0. The van der Waals surface area contributed by atoms with Crippen LogP contribution in [0.2, 0.25) is 0 Å². The van der Waals surface area contributed by atoms with Gasteiger partial charge in [0.2, 0.25) is 5.91 Å². The molecule has 0 spiro atoms. The second kappa shape index (κ2) is 8.72. The summed E-state index contributed by atoms with van der Waals surface area (Å²) in [5.74, 6) is -0.377. The fourth-order valence-electron chi connectivity index (χ4n) is 5.45. The van der Waals surface area contributed by atoms with Gasteiger partial charge in [-0.2, -0.15) is 5.01 Å². The predicted molar refractivity (Wildman–Crippen MR) is 119 cm³/mol. The molecule has 0 aliphatic carbocycles. The molecule has 0 aromatic heterocycles. The zero-order chi connectivity index (χ0) is 22.3. The highest BCUT2D eigenvalue weighted by Crippen LogP contribution is 2.34. The number of fused-ring (bicyclic) bond motifs is 6. The summed E-state index contributed by atoms with van der Waals surface area (Å²) in [5.41, 5.74) is -0.00136. The maximum absolute atomic E-state index is 13.3. The van der Waals surface area contributed by atoms with Crippen molar-refractivity contribution in [1.82, 2.24) is 26.0 Å². The number of amides is 1. The fraction of sp³-hybridized carbons (Fsp3) is 0.609. The van der Waals surface area contributed by atoms with E-state index >= 15 is 0 Å². The van der Waals surface area contributed by atoms with E-state index in [1.54, 1.807) is 12.1 Å². The molecule has 2 bridgehead atoms. The van der Waals surface area contributed by atoms with E-state index in [1.165, 1.54) is 12.1 Å². The Balaban J connectivity index is 1.39. The third-order valence-electron chi connectivity index (χ3n) is 7.25. The second-order valence-electron chi connectivity index (χ2n) is 9.54. The molecule has 4 aliphatic heterocycles. The minimum absolute atomic E-state index is 0.0152. The Morgan fingerprint density at radius 1 is 1.19 bits per heavy atom. The van der Waals surface area contributed by atoms with Gasteiger partial charge in [-0.1, -0.05) is 12.2 Å². The summed E-state index contributed by atoms with van der Waals surface area (Å²) in [6.07, 6.45) is 7.94.